The Morgan fingerprint density at radius 1 is 1.18 bits per heavy atom. The zero-order valence-electron chi connectivity index (χ0n) is 15.8. The Balaban J connectivity index is 1.93. The molecule has 28 heavy (non-hydrogen) atoms. The highest BCUT2D eigenvalue weighted by atomic mass is 16.5. The van der Waals surface area contributed by atoms with Gasteiger partial charge in [0.2, 0.25) is 0 Å². The first-order valence-electron chi connectivity index (χ1n) is 9.39. The van der Waals surface area contributed by atoms with Crippen molar-refractivity contribution in [3.63, 3.8) is 0 Å². The Kier molecular flexibility index (Phi) is 3.49. The number of methoxy groups -OCH3 is 1. The first kappa shape index (κ1) is 17.1. The Labute approximate surface area is 162 Å². The third-order valence-corrected chi connectivity index (χ3v) is 6.10. The lowest BCUT2D eigenvalue weighted by molar-refractivity contribution is 0.0572. The van der Waals surface area contributed by atoms with Crippen molar-refractivity contribution in [3.05, 3.63) is 70.3 Å². The summed E-state index contributed by atoms with van der Waals surface area (Å²) in [5, 5.41) is 22.7. The summed E-state index contributed by atoms with van der Waals surface area (Å²) in [6.45, 7) is 2.07. The van der Waals surface area contributed by atoms with Crippen molar-refractivity contribution in [3.8, 4) is 11.5 Å². The van der Waals surface area contributed by atoms with Crippen LogP contribution >= 0.6 is 0 Å². The number of aromatic hydroxyl groups is 1. The second-order valence-electron chi connectivity index (χ2n) is 7.58. The monoisotopic (exact) mass is 375 g/mol. The lowest BCUT2D eigenvalue weighted by atomic mass is 9.82. The number of hydrogen-bond donors (Lipinski definition) is 2. The van der Waals surface area contributed by atoms with Crippen LogP contribution in [0, 0.1) is 6.92 Å². The molecule has 0 radical (unpaired) electrons. The molecule has 2 N–H and O–H groups in total. The molecule has 0 aromatic heterocycles. The highest BCUT2D eigenvalue weighted by molar-refractivity contribution is 6.05. The molecular formula is C23H21NO4. The summed E-state index contributed by atoms with van der Waals surface area (Å²) in [6.07, 6.45) is 0.539. The molecule has 0 fully saturated rings. The van der Waals surface area contributed by atoms with Crippen LogP contribution in [0.1, 0.15) is 32.6 Å². The van der Waals surface area contributed by atoms with Gasteiger partial charge in [-0.25, -0.2) is 0 Å². The average molecular weight is 375 g/mol. The Morgan fingerprint density at radius 3 is 2.75 bits per heavy atom. The molecule has 5 rings (SSSR count). The molecule has 5 heteroatoms. The Hall–Kier alpha value is -3.05. The molecule has 2 aliphatic rings. The second kappa shape index (κ2) is 5.72. The highest BCUT2D eigenvalue weighted by Crippen LogP contribution is 2.58. The van der Waals surface area contributed by atoms with Crippen molar-refractivity contribution in [2.24, 2.45) is 0 Å². The minimum Gasteiger partial charge on any atom is -0.508 e. The number of nitrogens with zero attached hydrogens (tertiary/aromatic N) is 1. The number of carbonyl (C=O) groups excluding carboxylic acids is 1. The van der Waals surface area contributed by atoms with Crippen LogP contribution in [0.5, 0.6) is 11.5 Å². The van der Waals surface area contributed by atoms with Gasteiger partial charge in [0.1, 0.15) is 17.0 Å². The summed E-state index contributed by atoms with van der Waals surface area (Å²) in [7, 11) is 1.59. The number of aryl methyl sites for hydroxylation is 1. The molecule has 0 saturated carbocycles. The first-order chi connectivity index (χ1) is 13.5. The normalized spacial score (nSPS) is 19.7. The minimum absolute atomic E-state index is 0.149. The number of ether oxygens (including phenoxy) is 1. The molecular weight excluding hydrogens is 354 g/mol. The molecule has 0 unspecified atom stereocenters. The van der Waals surface area contributed by atoms with Gasteiger partial charge < -0.3 is 19.8 Å². The van der Waals surface area contributed by atoms with E-state index in [1.54, 1.807) is 30.2 Å². The lowest BCUT2D eigenvalue weighted by Crippen LogP contribution is -2.46. The van der Waals surface area contributed by atoms with Crippen LogP contribution in [-0.4, -0.2) is 41.3 Å². The summed E-state index contributed by atoms with van der Waals surface area (Å²) in [4.78, 5) is 15.0. The van der Waals surface area contributed by atoms with Crippen LogP contribution in [0.15, 0.2) is 42.5 Å². The SMILES string of the molecule is COc1cccc2c1[C@@]1(Cc3cc(C)cc4ccc(O)c1c34)N(CCO)C2=O. The summed E-state index contributed by atoms with van der Waals surface area (Å²) < 4.78 is 5.65. The quantitative estimate of drug-likeness (QED) is 0.738. The van der Waals surface area contributed by atoms with Crippen LogP contribution < -0.4 is 4.74 Å². The smallest absolute Gasteiger partial charge is 0.255 e. The fraction of sp³-hybridized carbons (Fsp3) is 0.261. The van der Waals surface area contributed by atoms with E-state index in [1.165, 1.54) is 0 Å². The van der Waals surface area contributed by atoms with Crippen molar-refractivity contribution in [1.82, 2.24) is 4.90 Å². The molecule has 1 atom stereocenters. The molecule has 1 aliphatic carbocycles. The molecule has 0 saturated heterocycles. The summed E-state index contributed by atoms with van der Waals surface area (Å²) in [6, 6.07) is 13.3. The van der Waals surface area contributed by atoms with Crippen molar-refractivity contribution >= 4 is 16.7 Å². The van der Waals surface area contributed by atoms with Gasteiger partial charge in [0.05, 0.1) is 13.7 Å². The predicted octanol–water partition coefficient (Wildman–Crippen LogP) is 3.11. The summed E-state index contributed by atoms with van der Waals surface area (Å²) in [5.74, 6) is 0.626. The second-order valence-corrected chi connectivity index (χ2v) is 7.58. The van der Waals surface area contributed by atoms with E-state index >= 15 is 0 Å². The number of aliphatic hydroxyl groups excluding tert-OH is 1. The average Bonchev–Trinajstić information content (AvgIpc) is 3.14. The maximum Gasteiger partial charge on any atom is 0.255 e. The maximum atomic E-state index is 13.3. The zero-order valence-corrected chi connectivity index (χ0v) is 15.8. The van der Waals surface area contributed by atoms with Crippen LogP contribution in [0.3, 0.4) is 0 Å². The van der Waals surface area contributed by atoms with Crippen molar-refractivity contribution in [2.45, 2.75) is 18.9 Å². The molecule has 3 aromatic carbocycles. The molecule has 5 nitrogen and oxygen atoms in total. The van der Waals surface area contributed by atoms with Crippen LogP contribution in [-0.2, 0) is 12.0 Å². The fourth-order valence-electron chi connectivity index (χ4n) is 5.23. The van der Waals surface area contributed by atoms with Crippen molar-refractivity contribution in [2.75, 3.05) is 20.3 Å². The molecule has 0 bridgehead atoms. The number of hydrogen-bond acceptors (Lipinski definition) is 4. The Bertz CT molecular complexity index is 1150. The molecule has 142 valence electrons. The number of β-amino-alcohol motifs (C(OH)–C–C–N with tert-alkyl or cyclic N) is 1. The number of benzene rings is 3. The van der Waals surface area contributed by atoms with Crippen LogP contribution in [0.2, 0.25) is 0 Å². The molecule has 1 aliphatic heterocycles. The molecule has 1 spiro atoms. The summed E-state index contributed by atoms with van der Waals surface area (Å²) in [5.41, 5.74) is 3.40. The third kappa shape index (κ3) is 1.92. The van der Waals surface area contributed by atoms with Gasteiger partial charge in [-0.05, 0) is 41.5 Å². The number of carbonyl (C=O) groups is 1. The highest BCUT2D eigenvalue weighted by Gasteiger charge is 2.56. The molecule has 1 heterocycles. The van der Waals surface area contributed by atoms with E-state index < -0.39 is 5.54 Å². The topological polar surface area (TPSA) is 70.0 Å². The maximum absolute atomic E-state index is 13.3. The molecule has 1 amide bonds. The van der Waals surface area contributed by atoms with Gasteiger partial charge in [-0.2, -0.15) is 0 Å². The third-order valence-electron chi connectivity index (χ3n) is 6.10. The number of fused-ring (bicyclic) bond motifs is 3. The fourth-order valence-corrected chi connectivity index (χ4v) is 5.23. The number of amides is 1. The number of phenols is 1. The van der Waals surface area contributed by atoms with E-state index in [2.05, 4.69) is 12.1 Å². The van der Waals surface area contributed by atoms with Crippen LogP contribution in [0.4, 0.5) is 0 Å². The van der Waals surface area contributed by atoms with Gasteiger partial charge in [0, 0.05) is 29.7 Å². The van der Waals surface area contributed by atoms with Crippen molar-refractivity contribution < 1.29 is 19.7 Å². The number of phenolic OH excluding ortho intramolecular Hbond substituents is 1. The zero-order chi connectivity index (χ0) is 19.6. The molecule has 3 aromatic rings. The lowest BCUT2D eigenvalue weighted by Gasteiger charge is -2.37. The number of aliphatic hydroxyl groups is 1. The van der Waals surface area contributed by atoms with Crippen LogP contribution in [0.25, 0.3) is 10.8 Å². The number of rotatable bonds is 3. The first-order valence-corrected chi connectivity index (χ1v) is 9.39. The van der Waals surface area contributed by atoms with Gasteiger partial charge in [-0.1, -0.05) is 29.8 Å². The van der Waals surface area contributed by atoms with Gasteiger partial charge in [0.25, 0.3) is 5.91 Å². The van der Waals surface area contributed by atoms with E-state index in [0.717, 1.165) is 33.0 Å². The van der Waals surface area contributed by atoms with Gasteiger partial charge in [0.15, 0.2) is 0 Å². The van der Waals surface area contributed by atoms with E-state index in [-0.39, 0.29) is 24.8 Å². The van der Waals surface area contributed by atoms with E-state index in [0.29, 0.717) is 17.7 Å². The van der Waals surface area contributed by atoms with Gasteiger partial charge >= 0.3 is 0 Å². The van der Waals surface area contributed by atoms with Gasteiger partial charge in [-0.3, -0.25) is 4.79 Å². The predicted molar refractivity (Wildman–Crippen MR) is 106 cm³/mol. The van der Waals surface area contributed by atoms with Gasteiger partial charge in [-0.15, -0.1) is 0 Å². The standard InChI is InChI=1S/C23H21NO4/c1-13-10-14-6-7-17(26)21-19(14)15(11-13)12-23(21)20-16(4-3-5-18(20)28-2)22(27)24(23)8-9-25/h3-7,10-11,25-26H,8-9,12H2,1-2H3/t23-/m1/s1. The minimum atomic E-state index is -0.887. The van der Waals surface area contributed by atoms with E-state index in [1.807, 2.05) is 19.1 Å². The van der Waals surface area contributed by atoms with E-state index in [4.69, 9.17) is 4.74 Å². The summed E-state index contributed by atoms with van der Waals surface area (Å²) >= 11 is 0. The largest absolute Gasteiger partial charge is 0.508 e. The van der Waals surface area contributed by atoms with Crippen molar-refractivity contribution in [1.29, 1.82) is 0 Å². The van der Waals surface area contributed by atoms with E-state index in [9.17, 15) is 15.0 Å². The Morgan fingerprint density at radius 2 is 2.00 bits per heavy atom.